The molecule has 0 aliphatic carbocycles. The molecule has 5 nitrogen and oxygen atoms in total. The minimum Gasteiger partial charge on any atom is -0.454 e. The number of thiazole rings is 1. The zero-order chi connectivity index (χ0) is 13.9. The van der Waals surface area contributed by atoms with Gasteiger partial charge in [0.2, 0.25) is 6.79 Å². The summed E-state index contributed by atoms with van der Waals surface area (Å²) < 4.78 is 10.7. The van der Waals surface area contributed by atoms with Crippen molar-refractivity contribution in [1.82, 2.24) is 9.88 Å². The molecule has 1 aromatic heterocycles. The monoisotopic (exact) mass is 291 g/mol. The maximum absolute atomic E-state index is 5.67. The molecule has 106 valence electrons. The molecule has 2 heterocycles. The summed E-state index contributed by atoms with van der Waals surface area (Å²) in [5, 5.41) is 0.624. The number of anilines is 1. The summed E-state index contributed by atoms with van der Waals surface area (Å²) in [5.41, 5.74) is 6.88. The molecule has 0 saturated heterocycles. The van der Waals surface area contributed by atoms with Crippen molar-refractivity contribution in [1.29, 1.82) is 0 Å². The van der Waals surface area contributed by atoms with Gasteiger partial charge in [-0.2, -0.15) is 0 Å². The molecule has 6 heteroatoms. The summed E-state index contributed by atoms with van der Waals surface area (Å²) in [4.78, 5) is 7.61. The van der Waals surface area contributed by atoms with Gasteiger partial charge in [-0.15, -0.1) is 11.3 Å². The Hall–Kier alpha value is -1.79. The van der Waals surface area contributed by atoms with Gasteiger partial charge in [0.05, 0.1) is 0 Å². The molecule has 0 amide bonds. The summed E-state index contributed by atoms with van der Waals surface area (Å²) in [6, 6.07) is 6.10. The van der Waals surface area contributed by atoms with E-state index in [0.717, 1.165) is 31.1 Å². The first-order valence-corrected chi connectivity index (χ1v) is 7.37. The van der Waals surface area contributed by atoms with Crippen LogP contribution < -0.4 is 15.2 Å². The summed E-state index contributed by atoms with van der Waals surface area (Å²) in [6.45, 7) is 5.16. The van der Waals surface area contributed by atoms with E-state index in [1.807, 2.05) is 18.3 Å². The normalized spacial score (nSPS) is 13.1. The predicted octanol–water partition coefficient (Wildman–Crippen LogP) is 2.48. The zero-order valence-corrected chi connectivity index (χ0v) is 12.2. The van der Waals surface area contributed by atoms with E-state index in [4.69, 9.17) is 15.2 Å². The number of hydrogen-bond donors (Lipinski definition) is 1. The van der Waals surface area contributed by atoms with Gasteiger partial charge in [-0.05, 0) is 24.2 Å². The van der Waals surface area contributed by atoms with Gasteiger partial charge in [-0.25, -0.2) is 4.98 Å². The largest absolute Gasteiger partial charge is 0.454 e. The van der Waals surface area contributed by atoms with Crippen LogP contribution in [0.5, 0.6) is 11.5 Å². The number of nitrogens with two attached hydrogens (primary N) is 1. The first-order chi connectivity index (χ1) is 9.74. The maximum Gasteiger partial charge on any atom is 0.231 e. The van der Waals surface area contributed by atoms with Gasteiger partial charge < -0.3 is 15.2 Å². The number of nitrogens with zero attached hydrogens (tertiary/aromatic N) is 2. The standard InChI is InChI=1S/C14H17N3O2S/c1-2-17(8-11-6-16-14(15)20-11)7-10-3-4-12-13(5-10)19-9-18-12/h3-6H,2,7-9H2,1H3,(H2,15,16). The minimum absolute atomic E-state index is 0.316. The fraction of sp³-hybridized carbons (Fsp3) is 0.357. The second-order valence-corrected chi connectivity index (χ2v) is 5.80. The Bertz CT molecular complexity index is 600. The van der Waals surface area contributed by atoms with Crippen LogP contribution in [0, 0.1) is 0 Å². The molecule has 0 unspecified atom stereocenters. The highest BCUT2D eigenvalue weighted by Gasteiger charge is 2.14. The first kappa shape index (κ1) is 13.2. The van der Waals surface area contributed by atoms with Gasteiger partial charge in [0.15, 0.2) is 16.6 Å². The Morgan fingerprint density at radius 2 is 2.15 bits per heavy atom. The number of rotatable bonds is 5. The lowest BCUT2D eigenvalue weighted by Gasteiger charge is -2.19. The number of ether oxygens (including phenoxy) is 2. The van der Waals surface area contributed by atoms with E-state index in [1.54, 1.807) is 11.3 Å². The van der Waals surface area contributed by atoms with Gasteiger partial charge in [0, 0.05) is 24.2 Å². The Labute approximate surface area is 121 Å². The number of hydrogen-bond acceptors (Lipinski definition) is 6. The summed E-state index contributed by atoms with van der Waals surface area (Å²) in [5.74, 6) is 1.66. The average molecular weight is 291 g/mol. The summed E-state index contributed by atoms with van der Waals surface area (Å²) in [7, 11) is 0. The molecule has 2 aromatic rings. The fourth-order valence-corrected chi connectivity index (χ4v) is 2.92. The SMILES string of the molecule is CCN(Cc1ccc2c(c1)OCO2)Cc1cnc(N)s1. The molecule has 1 aliphatic heterocycles. The summed E-state index contributed by atoms with van der Waals surface area (Å²) >= 11 is 1.54. The van der Waals surface area contributed by atoms with Crippen molar-refractivity contribution in [2.75, 3.05) is 19.1 Å². The first-order valence-electron chi connectivity index (χ1n) is 6.55. The van der Waals surface area contributed by atoms with E-state index in [1.165, 1.54) is 10.4 Å². The number of benzene rings is 1. The molecular formula is C14H17N3O2S. The van der Waals surface area contributed by atoms with Gasteiger partial charge >= 0.3 is 0 Å². The van der Waals surface area contributed by atoms with Gasteiger partial charge in [0.1, 0.15) is 0 Å². The Balaban J connectivity index is 1.68. The van der Waals surface area contributed by atoms with Crippen molar-refractivity contribution in [2.45, 2.75) is 20.0 Å². The van der Waals surface area contributed by atoms with Crippen molar-refractivity contribution in [2.24, 2.45) is 0 Å². The second kappa shape index (κ2) is 5.68. The van der Waals surface area contributed by atoms with E-state index in [-0.39, 0.29) is 0 Å². The number of nitrogen functional groups attached to an aromatic ring is 1. The van der Waals surface area contributed by atoms with Crippen LogP contribution in [-0.2, 0) is 13.1 Å². The molecule has 0 radical (unpaired) electrons. The molecule has 3 rings (SSSR count). The van der Waals surface area contributed by atoms with Gasteiger partial charge in [-0.3, -0.25) is 4.90 Å². The molecule has 1 aromatic carbocycles. The molecule has 0 fully saturated rings. The molecule has 2 N–H and O–H groups in total. The van der Waals surface area contributed by atoms with Crippen molar-refractivity contribution in [3.8, 4) is 11.5 Å². The Morgan fingerprint density at radius 1 is 1.30 bits per heavy atom. The van der Waals surface area contributed by atoms with Crippen LogP contribution in [0.4, 0.5) is 5.13 Å². The highest BCUT2D eigenvalue weighted by Crippen LogP contribution is 2.33. The molecule has 1 aliphatic rings. The van der Waals surface area contributed by atoms with Crippen LogP contribution in [0.3, 0.4) is 0 Å². The molecular weight excluding hydrogens is 274 g/mol. The molecule has 20 heavy (non-hydrogen) atoms. The van der Waals surface area contributed by atoms with Crippen LogP contribution in [0.25, 0.3) is 0 Å². The van der Waals surface area contributed by atoms with Crippen molar-refractivity contribution >= 4 is 16.5 Å². The van der Waals surface area contributed by atoms with Gasteiger partial charge in [0.25, 0.3) is 0 Å². The summed E-state index contributed by atoms with van der Waals surface area (Å²) in [6.07, 6.45) is 1.85. The molecule has 0 saturated carbocycles. The number of fused-ring (bicyclic) bond motifs is 1. The highest BCUT2D eigenvalue weighted by molar-refractivity contribution is 7.15. The van der Waals surface area contributed by atoms with E-state index in [0.29, 0.717) is 11.9 Å². The second-order valence-electron chi connectivity index (χ2n) is 4.66. The zero-order valence-electron chi connectivity index (χ0n) is 11.3. The van der Waals surface area contributed by atoms with E-state index in [2.05, 4.69) is 22.9 Å². The van der Waals surface area contributed by atoms with Crippen LogP contribution >= 0.6 is 11.3 Å². The lowest BCUT2D eigenvalue weighted by atomic mass is 10.2. The van der Waals surface area contributed by atoms with Gasteiger partial charge in [-0.1, -0.05) is 13.0 Å². The predicted molar refractivity (Wildman–Crippen MR) is 78.9 cm³/mol. The van der Waals surface area contributed by atoms with Crippen molar-refractivity contribution in [3.05, 3.63) is 34.8 Å². The maximum atomic E-state index is 5.67. The Kier molecular flexibility index (Phi) is 3.75. The molecule has 0 spiro atoms. The fourth-order valence-electron chi connectivity index (χ4n) is 2.19. The van der Waals surface area contributed by atoms with Crippen LogP contribution in [0.2, 0.25) is 0 Å². The number of aromatic nitrogens is 1. The average Bonchev–Trinajstić information content (AvgIpc) is 3.06. The van der Waals surface area contributed by atoms with Crippen LogP contribution in [0.1, 0.15) is 17.4 Å². The van der Waals surface area contributed by atoms with E-state index in [9.17, 15) is 0 Å². The third-order valence-electron chi connectivity index (χ3n) is 3.24. The van der Waals surface area contributed by atoms with Crippen molar-refractivity contribution in [3.63, 3.8) is 0 Å². The van der Waals surface area contributed by atoms with E-state index >= 15 is 0 Å². The lowest BCUT2D eigenvalue weighted by Crippen LogP contribution is -2.21. The third kappa shape index (κ3) is 2.86. The molecule has 0 bridgehead atoms. The lowest BCUT2D eigenvalue weighted by molar-refractivity contribution is 0.174. The molecule has 0 atom stereocenters. The van der Waals surface area contributed by atoms with Crippen molar-refractivity contribution < 1.29 is 9.47 Å². The third-order valence-corrected chi connectivity index (χ3v) is 4.05. The quantitative estimate of drug-likeness (QED) is 0.917. The minimum atomic E-state index is 0.316. The smallest absolute Gasteiger partial charge is 0.231 e. The van der Waals surface area contributed by atoms with Crippen LogP contribution in [-0.4, -0.2) is 23.2 Å². The topological polar surface area (TPSA) is 60.6 Å². The Morgan fingerprint density at radius 3 is 2.90 bits per heavy atom. The van der Waals surface area contributed by atoms with E-state index < -0.39 is 0 Å². The highest BCUT2D eigenvalue weighted by atomic mass is 32.1. The van der Waals surface area contributed by atoms with Crippen LogP contribution in [0.15, 0.2) is 24.4 Å².